The van der Waals surface area contributed by atoms with Crippen LogP contribution in [-0.4, -0.2) is 37.3 Å². The fraction of sp³-hybridized carbons (Fsp3) is 0.381. The summed E-state index contributed by atoms with van der Waals surface area (Å²) in [5.74, 6) is 0.481. The van der Waals surface area contributed by atoms with Gasteiger partial charge < -0.3 is 14.5 Å². The molecule has 0 saturated heterocycles. The number of methoxy groups -OCH3 is 1. The van der Waals surface area contributed by atoms with Crippen molar-refractivity contribution in [3.05, 3.63) is 58.5 Å². The van der Waals surface area contributed by atoms with Gasteiger partial charge in [0.25, 0.3) is 11.8 Å². The highest BCUT2D eigenvalue weighted by Gasteiger charge is 2.28. The molecule has 2 N–H and O–H groups in total. The molecule has 0 aliphatic heterocycles. The first-order valence-electron chi connectivity index (χ1n) is 9.35. The molecule has 0 saturated carbocycles. The molecule has 7 nitrogen and oxygen atoms in total. The smallest absolute Gasteiger partial charge is 0.287 e. The highest BCUT2D eigenvalue weighted by atomic mass is 16.5. The van der Waals surface area contributed by atoms with Crippen LogP contribution in [0.5, 0.6) is 0 Å². The number of amides is 2. The van der Waals surface area contributed by atoms with E-state index >= 15 is 0 Å². The van der Waals surface area contributed by atoms with E-state index in [0.29, 0.717) is 18.6 Å². The zero-order chi connectivity index (χ0) is 20.1. The number of rotatable bonds is 6. The average molecular weight is 383 g/mol. The molecule has 2 amide bonds. The molecule has 1 aromatic heterocycles. The highest BCUT2D eigenvalue weighted by Crippen LogP contribution is 2.29. The topological polar surface area (TPSA) is 92.9 Å². The standard InChI is InChI=1S/C21H25N3O4/c1-13(12-27-3)22-21(26)19-14(2)18-16(10-7-11-17(18)28-19)23-24-20(25)15-8-5-4-6-9-15/h4-6,8-9,13H,7,10-12H2,1-3H3,(H,22,26)(H,24,25)/b23-16+. The summed E-state index contributed by atoms with van der Waals surface area (Å²) in [6.07, 6.45) is 2.30. The number of aryl methyl sites for hydroxylation is 1. The molecule has 3 rings (SSSR count). The number of carbonyl (C=O) groups excluding carboxylic acids is 2. The van der Waals surface area contributed by atoms with Gasteiger partial charge in [0.15, 0.2) is 5.76 Å². The lowest BCUT2D eigenvalue weighted by Gasteiger charge is -2.13. The molecule has 1 aromatic carbocycles. The molecule has 2 aromatic rings. The van der Waals surface area contributed by atoms with Crippen LogP contribution in [-0.2, 0) is 11.2 Å². The number of nitrogens with one attached hydrogen (secondary N) is 2. The summed E-state index contributed by atoms with van der Waals surface area (Å²) in [6, 6.07) is 8.79. The average Bonchev–Trinajstić information content (AvgIpc) is 3.04. The van der Waals surface area contributed by atoms with Crippen LogP contribution >= 0.6 is 0 Å². The zero-order valence-electron chi connectivity index (χ0n) is 16.4. The second-order valence-corrected chi connectivity index (χ2v) is 6.90. The molecule has 28 heavy (non-hydrogen) atoms. The monoisotopic (exact) mass is 383 g/mol. The Hall–Kier alpha value is -2.93. The van der Waals surface area contributed by atoms with Crippen molar-refractivity contribution < 1.29 is 18.7 Å². The predicted octanol–water partition coefficient (Wildman–Crippen LogP) is 2.82. The van der Waals surface area contributed by atoms with E-state index in [1.165, 1.54) is 0 Å². The molecule has 148 valence electrons. The Morgan fingerprint density at radius 1 is 1.21 bits per heavy atom. The van der Waals surface area contributed by atoms with Gasteiger partial charge in [-0.2, -0.15) is 5.10 Å². The summed E-state index contributed by atoms with van der Waals surface area (Å²) < 4.78 is 10.9. The van der Waals surface area contributed by atoms with Crippen LogP contribution in [0.1, 0.15) is 57.6 Å². The Balaban J connectivity index is 1.80. The van der Waals surface area contributed by atoms with Gasteiger partial charge in [0.05, 0.1) is 12.3 Å². The second kappa shape index (κ2) is 8.84. The minimum absolute atomic E-state index is 0.127. The molecule has 0 bridgehead atoms. The summed E-state index contributed by atoms with van der Waals surface area (Å²) in [5.41, 5.74) is 5.45. The molecule has 1 heterocycles. The van der Waals surface area contributed by atoms with Crippen molar-refractivity contribution in [1.82, 2.24) is 10.7 Å². The summed E-state index contributed by atoms with van der Waals surface area (Å²) in [7, 11) is 1.59. The lowest BCUT2D eigenvalue weighted by molar-refractivity contribution is 0.0874. The minimum Gasteiger partial charge on any atom is -0.455 e. The summed E-state index contributed by atoms with van der Waals surface area (Å²) in [4.78, 5) is 24.8. The van der Waals surface area contributed by atoms with Gasteiger partial charge >= 0.3 is 0 Å². The Morgan fingerprint density at radius 2 is 1.96 bits per heavy atom. The first-order chi connectivity index (χ1) is 13.5. The number of furan rings is 1. The van der Waals surface area contributed by atoms with Crippen molar-refractivity contribution in [1.29, 1.82) is 0 Å². The minimum atomic E-state index is -0.274. The summed E-state index contributed by atoms with van der Waals surface area (Å²) in [5, 5.41) is 7.20. The Bertz CT molecular complexity index is 887. The Labute approximate surface area is 164 Å². The van der Waals surface area contributed by atoms with Crippen LogP contribution in [0.4, 0.5) is 0 Å². The van der Waals surface area contributed by atoms with E-state index in [9.17, 15) is 9.59 Å². The molecular weight excluding hydrogens is 358 g/mol. The molecule has 1 unspecified atom stereocenters. The molecule has 0 fully saturated rings. The highest BCUT2D eigenvalue weighted by molar-refractivity contribution is 6.07. The molecule has 7 heteroatoms. The Kier molecular flexibility index (Phi) is 6.26. The van der Waals surface area contributed by atoms with Crippen molar-refractivity contribution in [2.45, 2.75) is 39.2 Å². The van der Waals surface area contributed by atoms with Crippen LogP contribution in [0, 0.1) is 6.92 Å². The predicted molar refractivity (Wildman–Crippen MR) is 106 cm³/mol. The third kappa shape index (κ3) is 4.31. The number of carbonyl (C=O) groups is 2. The summed E-state index contributed by atoms with van der Waals surface area (Å²) in [6.45, 7) is 4.13. The third-order valence-electron chi connectivity index (χ3n) is 4.65. The van der Waals surface area contributed by atoms with Crippen LogP contribution < -0.4 is 10.7 Å². The molecule has 0 radical (unpaired) electrons. The third-order valence-corrected chi connectivity index (χ3v) is 4.65. The fourth-order valence-corrected chi connectivity index (χ4v) is 3.35. The molecule has 1 aliphatic carbocycles. The SMILES string of the molecule is COCC(C)NC(=O)c1oc2c(c1C)/C(=N/NC(=O)c1ccccc1)CCC2. The number of hydrogen-bond donors (Lipinski definition) is 2. The Morgan fingerprint density at radius 3 is 2.68 bits per heavy atom. The van der Waals surface area contributed by atoms with Crippen molar-refractivity contribution in [2.24, 2.45) is 5.10 Å². The van der Waals surface area contributed by atoms with E-state index in [2.05, 4.69) is 15.8 Å². The van der Waals surface area contributed by atoms with Crippen molar-refractivity contribution >= 4 is 17.5 Å². The van der Waals surface area contributed by atoms with Crippen LogP contribution in [0.2, 0.25) is 0 Å². The number of hydrogen-bond acceptors (Lipinski definition) is 5. The van der Waals surface area contributed by atoms with Gasteiger partial charge in [0.1, 0.15) is 5.76 Å². The number of nitrogens with zero attached hydrogens (tertiary/aromatic N) is 1. The largest absolute Gasteiger partial charge is 0.455 e. The molecule has 1 aliphatic rings. The maximum absolute atomic E-state index is 12.6. The molecule has 1 atom stereocenters. The van der Waals surface area contributed by atoms with E-state index in [1.54, 1.807) is 31.4 Å². The van der Waals surface area contributed by atoms with Crippen molar-refractivity contribution in [3.8, 4) is 0 Å². The quantitative estimate of drug-likeness (QED) is 0.750. The lowest BCUT2D eigenvalue weighted by Crippen LogP contribution is -2.35. The zero-order valence-corrected chi connectivity index (χ0v) is 16.4. The lowest BCUT2D eigenvalue weighted by atomic mass is 9.93. The van der Waals surface area contributed by atoms with Gasteiger partial charge in [-0.3, -0.25) is 9.59 Å². The molecule has 0 spiro atoms. The van der Waals surface area contributed by atoms with E-state index in [1.807, 2.05) is 19.9 Å². The number of hydrazone groups is 1. The van der Waals surface area contributed by atoms with Crippen LogP contribution in [0.3, 0.4) is 0 Å². The normalized spacial score (nSPS) is 15.8. The molecular formula is C21H25N3O4. The first kappa shape index (κ1) is 19.8. The second-order valence-electron chi connectivity index (χ2n) is 6.90. The van der Waals surface area contributed by atoms with Crippen molar-refractivity contribution in [3.63, 3.8) is 0 Å². The number of benzene rings is 1. The van der Waals surface area contributed by atoms with Crippen LogP contribution in [0.15, 0.2) is 39.9 Å². The maximum atomic E-state index is 12.6. The van der Waals surface area contributed by atoms with Gasteiger partial charge in [-0.15, -0.1) is 0 Å². The summed E-state index contributed by atoms with van der Waals surface area (Å²) >= 11 is 0. The van der Waals surface area contributed by atoms with Crippen molar-refractivity contribution in [2.75, 3.05) is 13.7 Å². The first-order valence-corrected chi connectivity index (χ1v) is 9.35. The van der Waals surface area contributed by atoms with E-state index < -0.39 is 0 Å². The number of fused-ring (bicyclic) bond motifs is 1. The van der Waals surface area contributed by atoms with Gasteiger partial charge in [0, 0.05) is 36.3 Å². The van der Waals surface area contributed by atoms with Gasteiger partial charge in [-0.1, -0.05) is 18.2 Å². The van der Waals surface area contributed by atoms with Crippen LogP contribution in [0.25, 0.3) is 0 Å². The van der Waals surface area contributed by atoms with E-state index in [-0.39, 0.29) is 23.6 Å². The van der Waals surface area contributed by atoms with E-state index in [4.69, 9.17) is 9.15 Å². The maximum Gasteiger partial charge on any atom is 0.287 e. The van der Waals surface area contributed by atoms with E-state index in [0.717, 1.165) is 35.4 Å². The van der Waals surface area contributed by atoms with Gasteiger partial charge in [-0.05, 0) is 38.8 Å². The van der Waals surface area contributed by atoms with Gasteiger partial charge in [-0.25, -0.2) is 5.43 Å². The fourth-order valence-electron chi connectivity index (χ4n) is 3.35. The van der Waals surface area contributed by atoms with Gasteiger partial charge in [0.2, 0.25) is 0 Å². The number of ether oxygens (including phenoxy) is 1.